The van der Waals surface area contributed by atoms with Gasteiger partial charge in [0.25, 0.3) is 5.91 Å². The van der Waals surface area contributed by atoms with Crippen LogP contribution in [0.25, 0.3) is 0 Å². The van der Waals surface area contributed by atoms with Crippen LogP contribution in [0.3, 0.4) is 0 Å². The lowest BCUT2D eigenvalue weighted by Gasteiger charge is -2.13. The highest BCUT2D eigenvalue weighted by molar-refractivity contribution is 9.10. The quantitative estimate of drug-likeness (QED) is 0.484. The standard InChI is InChI=1S/C20H21BrClN3O3/c1-12-7-5-8-14(19(25-27-4)20(26)23-3)15(12)11-28-24-13(2)18-16(21)9-6-10-17(18)22/h5-10H,11H2,1-4H3,(H,23,26)/b24-13+,25-19+. The van der Waals surface area contributed by atoms with Crippen LogP contribution in [0.1, 0.15) is 29.2 Å². The van der Waals surface area contributed by atoms with E-state index in [0.717, 1.165) is 21.2 Å². The van der Waals surface area contributed by atoms with Crippen LogP contribution in [0.4, 0.5) is 0 Å². The van der Waals surface area contributed by atoms with Crippen molar-refractivity contribution in [2.24, 2.45) is 10.3 Å². The zero-order valence-electron chi connectivity index (χ0n) is 16.0. The molecular weight excluding hydrogens is 446 g/mol. The fourth-order valence-electron chi connectivity index (χ4n) is 2.62. The summed E-state index contributed by atoms with van der Waals surface area (Å²) in [5, 5.41) is 11.2. The molecule has 0 atom stereocenters. The van der Waals surface area contributed by atoms with Gasteiger partial charge in [0.05, 0.1) is 10.7 Å². The van der Waals surface area contributed by atoms with Gasteiger partial charge in [-0.25, -0.2) is 0 Å². The minimum atomic E-state index is -0.353. The van der Waals surface area contributed by atoms with Gasteiger partial charge in [-0.1, -0.05) is 62.1 Å². The number of carbonyl (C=O) groups excluding carboxylic acids is 1. The highest BCUT2D eigenvalue weighted by Crippen LogP contribution is 2.25. The van der Waals surface area contributed by atoms with E-state index in [0.29, 0.717) is 16.3 Å². The van der Waals surface area contributed by atoms with Crippen molar-refractivity contribution < 1.29 is 14.5 Å². The molecule has 0 aromatic heterocycles. The van der Waals surface area contributed by atoms with Gasteiger partial charge in [-0.05, 0) is 31.5 Å². The molecule has 0 aliphatic carbocycles. The molecule has 8 heteroatoms. The van der Waals surface area contributed by atoms with E-state index in [-0.39, 0.29) is 18.2 Å². The first-order valence-corrected chi connectivity index (χ1v) is 9.60. The number of hydrogen-bond donors (Lipinski definition) is 1. The Balaban J connectivity index is 2.32. The van der Waals surface area contributed by atoms with E-state index in [4.69, 9.17) is 21.3 Å². The van der Waals surface area contributed by atoms with Crippen LogP contribution in [-0.2, 0) is 21.1 Å². The summed E-state index contributed by atoms with van der Waals surface area (Å²) in [6.07, 6.45) is 0. The normalized spacial score (nSPS) is 11.9. The van der Waals surface area contributed by atoms with Crippen LogP contribution in [-0.4, -0.2) is 31.5 Å². The number of carbonyl (C=O) groups is 1. The molecule has 2 aromatic carbocycles. The second kappa shape index (κ2) is 10.2. The molecule has 6 nitrogen and oxygen atoms in total. The lowest BCUT2D eigenvalue weighted by atomic mass is 9.98. The summed E-state index contributed by atoms with van der Waals surface area (Å²) in [7, 11) is 2.93. The summed E-state index contributed by atoms with van der Waals surface area (Å²) in [5.74, 6) is -0.353. The average molecular weight is 467 g/mol. The van der Waals surface area contributed by atoms with Crippen LogP contribution in [0.2, 0.25) is 5.02 Å². The first-order valence-electron chi connectivity index (χ1n) is 8.43. The van der Waals surface area contributed by atoms with E-state index in [9.17, 15) is 4.79 Å². The summed E-state index contributed by atoms with van der Waals surface area (Å²) in [6, 6.07) is 11.1. The third kappa shape index (κ3) is 5.11. The van der Waals surface area contributed by atoms with E-state index in [1.807, 2.05) is 38.1 Å². The maximum Gasteiger partial charge on any atom is 0.273 e. The number of amides is 1. The van der Waals surface area contributed by atoms with Crippen molar-refractivity contribution in [2.75, 3.05) is 14.2 Å². The van der Waals surface area contributed by atoms with Gasteiger partial charge in [-0.15, -0.1) is 0 Å². The van der Waals surface area contributed by atoms with Gasteiger partial charge in [-0.2, -0.15) is 0 Å². The Kier molecular flexibility index (Phi) is 8.02. The zero-order valence-corrected chi connectivity index (χ0v) is 18.4. The number of aryl methyl sites for hydroxylation is 1. The summed E-state index contributed by atoms with van der Waals surface area (Å²) in [4.78, 5) is 22.6. The van der Waals surface area contributed by atoms with Gasteiger partial charge >= 0.3 is 0 Å². The molecule has 0 saturated heterocycles. The topological polar surface area (TPSA) is 72.3 Å². The number of benzene rings is 2. The fourth-order valence-corrected chi connectivity index (χ4v) is 3.70. The minimum absolute atomic E-state index is 0.154. The molecule has 0 aliphatic rings. The lowest BCUT2D eigenvalue weighted by Crippen LogP contribution is -2.29. The second-order valence-electron chi connectivity index (χ2n) is 5.85. The van der Waals surface area contributed by atoms with Gasteiger partial charge in [-0.3, -0.25) is 4.79 Å². The number of rotatable bonds is 7. The molecule has 1 amide bonds. The maximum atomic E-state index is 12.2. The molecule has 2 aromatic rings. The molecule has 148 valence electrons. The van der Waals surface area contributed by atoms with Crippen LogP contribution in [0.15, 0.2) is 51.2 Å². The lowest BCUT2D eigenvalue weighted by molar-refractivity contribution is -0.114. The minimum Gasteiger partial charge on any atom is -0.398 e. The molecule has 0 aliphatic heterocycles. The van der Waals surface area contributed by atoms with E-state index in [2.05, 4.69) is 31.6 Å². The SMILES string of the molecule is CNC(=O)/C(=N/OC)c1cccc(C)c1CO/N=C(\C)c1c(Cl)cccc1Br. The monoisotopic (exact) mass is 465 g/mol. The molecule has 28 heavy (non-hydrogen) atoms. The summed E-state index contributed by atoms with van der Waals surface area (Å²) in [5.41, 5.74) is 3.91. The molecule has 0 saturated carbocycles. The van der Waals surface area contributed by atoms with Crippen LogP contribution >= 0.6 is 27.5 Å². The number of hydrogen-bond acceptors (Lipinski definition) is 5. The summed E-state index contributed by atoms with van der Waals surface area (Å²) < 4.78 is 0.829. The Bertz CT molecular complexity index is 909. The van der Waals surface area contributed by atoms with Crippen molar-refractivity contribution in [3.63, 3.8) is 0 Å². The smallest absolute Gasteiger partial charge is 0.273 e. The van der Waals surface area contributed by atoms with Crippen LogP contribution in [0.5, 0.6) is 0 Å². The largest absolute Gasteiger partial charge is 0.398 e. The number of nitrogens with one attached hydrogen (secondary N) is 1. The fraction of sp³-hybridized carbons (Fsp3) is 0.250. The predicted octanol–water partition coefficient (Wildman–Crippen LogP) is 4.45. The Hall–Kier alpha value is -2.38. The van der Waals surface area contributed by atoms with E-state index < -0.39 is 0 Å². The van der Waals surface area contributed by atoms with E-state index >= 15 is 0 Å². The third-order valence-electron chi connectivity index (χ3n) is 4.03. The molecule has 0 unspecified atom stereocenters. The highest BCUT2D eigenvalue weighted by atomic mass is 79.9. The van der Waals surface area contributed by atoms with Gasteiger partial charge in [0, 0.05) is 28.2 Å². The molecule has 2 rings (SSSR count). The number of oxime groups is 2. The molecule has 0 radical (unpaired) electrons. The van der Waals surface area contributed by atoms with E-state index in [1.165, 1.54) is 14.2 Å². The summed E-state index contributed by atoms with van der Waals surface area (Å²) >= 11 is 9.73. The number of likely N-dealkylation sites (N-methyl/N-ethyl adjacent to an activating group) is 1. The van der Waals surface area contributed by atoms with Crippen molar-refractivity contribution in [3.8, 4) is 0 Å². The number of nitrogens with zero attached hydrogens (tertiary/aromatic N) is 2. The molecule has 0 fully saturated rings. The Morgan fingerprint density at radius 2 is 1.93 bits per heavy atom. The molecule has 0 heterocycles. The molecular formula is C20H21BrClN3O3. The van der Waals surface area contributed by atoms with Gasteiger partial charge in [0.15, 0.2) is 5.71 Å². The Morgan fingerprint density at radius 1 is 1.21 bits per heavy atom. The van der Waals surface area contributed by atoms with Gasteiger partial charge < -0.3 is 15.0 Å². The molecule has 0 bridgehead atoms. The Labute approximate surface area is 177 Å². The zero-order chi connectivity index (χ0) is 20.7. The predicted molar refractivity (Wildman–Crippen MR) is 115 cm³/mol. The van der Waals surface area contributed by atoms with Gasteiger partial charge in [0.1, 0.15) is 13.7 Å². The average Bonchev–Trinajstić information content (AvgIpc) is 2.66. The van der Waals surface area contributed by atoms with Crippen LogP contribution in [0, 0.1) is 6.92 Å². The van der Waals surface area contributed by atoms with E-state index in [1.54, 1.807) is 12.1 Å². The maximum absolute atomic E-state index is 12.2. The van der Waals surface area contributed by atoms with Gasteiger partial charge in [0.2, 0.25) is 0 Å². The molecule has 1 N–H and O–H groups in total. The van der Waals surface area contributed by atoms with Crippen molar-refractivity contribution in [2.45, 2.75) is 20.5 Å². The third-order valence-corrected chi connectivity index (χ3v) is 5.00. The summed E-state index contributed by atoms with van der Waals surface area (Å²) in [6.45, 7) is 3.89. The van der Waals surface area contributed by atoms with Crippen molar-refractivity contribution in [1.82, 2.24) is 5.32 Å². The first kappa shape index (κ1) is 21.9. The van der Waals surface area contributed by atoms with Crippen LogP contribution < -0.4 is 5.32 Å². The second-order valence-corrected chi connectivity index (χ2v) is 7.11. The van der Waals surface area contributed by atoms with Crippen molar-refractivity contribution in [1.29, 1.82) is 0 Å². The Morgan fingerprint density at radius 3 is 2.57 bits per heavy atom. The highest BCUT2D eigenvalue weighted by Gasteiger charge is 2.19. The van der Waals surface area contributed by atoms with Crippen molar-refractivity contribution in [3.05, 3.63) is 68.1 Å². The molecule has 0 spiro atoms. The first-order chi connectivity index (χ1) is 13.4. The number of halogens is 2. The van der Waals surface area contributed by atoms with Crippen molar-refractivity contribution >= 4 is 44.9 Å².